The fraction of sp³-hybridized carbons (Fsp3) is 0.278. The highest BCUT2D eigenvalue weighted by molar-refractivity contribution is 5.89. The summed E-state index contributed by atoms with van der Waals surface area (Å²) in [5.74, 6) is -0.268. The highest BCUT2D eigenvalue weighted by atomic mass is 19.1. The van der Waals surface area contributed by atoms with E-state index in [9.17, 15) is 9.18 Å². The normalized spacial score (nSPS) is 11.7. The molecule has 0 unspecified atom stereocenters. The number of methoxy groups -OCH3 is 1. The molecule has 0 saturated carbocycles. The first-order valence-corrected chi connectivity index (χ1v) is 7.53. The number of aryl methyl sites for hydroxylation is 1. The number of benzene rings is 2. The third kappa shape index (κ3) is 4.45. The quantitative estimate of drug-likeness (QED) is 0.865. The molecule has 2 aromatic rings. The first-order valence-electron chi connectivity index (χ1n) is 7.53. The number of hydrogen-bond donors (Lipinski definition) is 2. The number of hydrogen-bond acceptors (Lipinski definition) is 2. The summed E-state index contributed by atoms with van der Waals surface area (Å²) in [6.45, 7) is 3.87. The van der Waals surface area contributed by atoms with Gasteiger partial charge in [-0.1, -0.05) is 25.1 Å². The molecule has 2 aromatic carbocycles. The van der Waals surface area contributed by atoms with Crippen LogP contribution in [0, 0.1) is 5.82 Å². The van der Waals surface area contributed by atoms with Gasteiger partial charge in [-0.15, -0.1) is 0 Å². The molecule has 122 valence electrons. The van der Waals surface area contributed by atoms with E-state index < -0.39 is 5.82 Å². The lowest BCUT2D eigenvalue weighted by molar-refractivity contribution is 0.249. The number of rotatable bonds is 5. The summed E-state index contributed by atoms with van der Waals surface area (Å²) < 4.78 is 18.6. The fourth-order valence-corrected chi connectivity index (χ4v) is 2.22. The van der Waals surface area contributed by atoms with Crippen molar-refractivity contribution in [2.75, 3.05) is 12.4 Å². The molecule has 2 rings (SSSR count). The van der Waals surface area contributed by atoms with Crippen LogP contribution in [-0.2, 0) is 6.42 Å². The van der Waals surface area contributed by atoms with Gasteiger partial charge in [-0.05, 0) is 48.7 Å². The molecule has 0 aliphatic rings. The SMILES string of the molecule is CCc1ccc(NC(=O)N[C@@H](C)c2ccc(OC)c(F)c2)cc1. The van der Waals surface area contributed by atoms with Gasteiger partial charge in [-0.2, -0.15) is 0 Å². The molecule has 5 heteroatoms. The topological polar surface area (TPSA) is 50.4 Å². The molecule has 0 aromatic heterocycles. The Morgan fingerprint density at radius 3 is 2.48 bits per heavy atom. The summed E-state index contributed by atoms with van der Waals surface area (Å²) in [6, 6.07) is 11.6. The molecule has 1 atom stereocenters. The van der Waals surface area contributed by atoms with Crippen LogP contribution in [0.15, 0.2) is 42.5 Å². The van der Waals surface area contributed by atoms with E-state index >= 15 is 0 Å². The zero-order chi connectivity index (χ0) is 16.8. The van der Waals surface area contributed by atoms with Crippen molar-refractivity contribution in [1.82, 2.24) is 5.32 Å². The molecular weight excluding hydrogens is 295 g/mol. The lowest BCUT2D eigenvalue weighted by atomic mass is 10.1. The highest BCUT2D eigenvalue weighted by Gasteiger charge is 2.12. The third-order valence-corrected chi connectivity index (χ3v) is 3.64. The summed E-state index contributed by atoms with van der Waals surface area (Å²) in [4.78, 5) is 12.0. The molecule has 0 radical (unpaired) electrons. The molecule has 2 N–H and O–H groups in total. The van der Waals surface area contributed by atoms with Crippen LogP contribution >= 0.6 is 0 Å². The monoisotopic (exact) mass is 316 g/mol. The van der Waals surface area contributed by atoms with Gasteiger partial charge < -0.3 is 15.4 Å². The summed E-state index contributed by atoms with van der Waals surface area (Å²) in [5, 5.41) is 5.54. The predicted octanol–water partition coefficient (Wildman–Crippen LogP) is 4.28. The molecule has 0 aliphatic carbocycles. The first kappa shape index (κ1) is 16.8. The third-order valence-electron chi connectivity index (χ3n) is 3.64. The zero-order valence-electron chi connectivity index (χ0n) is 13.5. The molecule has 0 fully saturated rings. The van der Waals surface area contributed by atoms with Crippen LogP contribution in [0.5, 0.6) is 5.75 Å². The van der Waals surface area contributed by atoms with Crippen LogP contribution in [0.1, 0.15) is 31.0 Å². The van der Waals surface area contributed by atoms with Crippen LogP contribution in [0.3, 0.4) is 0 Å². The average Bonchev–Trinajstić information content (AvgIpc) is 2.55. The average molecular weight is 316 g/mol. The zero-order valence-corrected chi connectivity index (χ0v) is 13.5. The van der Waals surface area contributed by atoms with E-state index in [-0.39, 0.29) is 17.8 Å². The van der Waals surface area contributed by atoms with Crippen molar-refractivity contribution in [2.24, 2.45) is 0 Å². The Bertz CT molecular complexity index is 671. The number of carbonyl (C=O) groups excluding carboxylic acids is 1. The van der Waals surface area contributed by atoms with Crippen LogP contribution in [0.25, 0.3) is 0 Å². The Labute approximate surface area is 135 Å². The Morgan fingerprint density at radius 2 is 1.91 bits per heavy atom. The number of anilines is 1. The minimum absolute atomic E-state index is 0.182. The Kier molecular flexibility index (Phi) is 5.57. The van der Waals surface area contributed by atoms with Crippen LogP contribution in [0.2, 0.25) is 0 Å². The summed E-state index contributed by atoms with van der Waals surface area (Å²) >= 11 is 0. The number of ether oxygens (including phenoxy) is 1. The van der Waals surface area contributed by atoms with Gasteiger partial charge in [0.05, 0.1) is 13.2 Å². The molecule has 0 spiro atoms. The van der Waals surface area contributed by atoms with Crippen LogP contribution in [-0.4, -0.2) is 13.1 Å². The maximum Gasteiger partial charge on any atom is 0.319 e. The van der Waals surface area contributed by atoms with Crippen molar-refractivity contribution in [1.29, 1.82) is 0 Å². The van der Waals surface area contributed by atoms with E-state index in [1.54, 1.807) is 19.1 Å². The summed E-state index contributed by atoms with van der Waals surface area (Å²) in [6.07, 6.45) is 0.951. The lowest BCUT2D eigenvalue weighted by Gasteiger charge is -2.16. The van der Waals surface area contributed by atoms with Crippen molar-refractivity contribution in [3.05, 3.63) is 59.4 Å². The summed E-state index contributed by atoms with van der Waals surface area (Å²) in [5.41, 5.74) is 2.59. The molecule has 23 heavy (non-hydrogen) atoms. The van der Waals surface area contributed by atoms with Crippen molar-refractivity contribution in [2.45, 2.75) is 26.3 Å². The Balaban J connectivity index is 1.97. The predicted molar refractivity (Wildman–Crippen MR) is 89.3 cm³/mol. The maximum atomic E-state index is 13.7. The van der Waals surface area contributed by atoms with E-state index in [1.807, 2.05) is 24.3 Å². The number of amides is 2. The van der Waals surface area contributed by atoms with Crippen LogP contribution in [0.4, 0.5) is 14.9 Å². The van der Waals surface area contributed by atoms with Gasteiger partial charge in [0.15, 0.2) is 11.6 Å². The van der Waals surface area contributed by atoms with Gasteiger partial charge in [-0.25, -0.2) is 9.18 Å². The molecule has 2 amide bonds. The van der Waals surface area contributed by atoms with E-state index in [0.717, 1.165) is 6.42 Å². The second-order valence-corrected chi connectivity index (χ2v) is 5.26. The standard InChI is InChI=1S/C18H21FN2O2/c1-4-13-5-8-15(9-6-13)21-18(22)20-12(2)14-7-10-17(23-3)16(19)11-14/h5-12H,4H2,1-3H3,(H2,20,21,22)/t12-/m0/s1. The Hall–Kier alpha value is -2.56. The van der Waals surface area contributed by atoms with Gasteiger partial charge in [0.1, 0.15) is 0 Å². The fourth-order valence-electron chi connectivity index (χ4n) is 2.22. The van der Waals surface area contributed by atoms with E-state index in [2.05, 4.69) is 17.6 Å². The first-order chi connectivity index (χ1) is 11.0. The molecule has 0 bridgehead atoms. The van der Waals surface area contributed by atoms with E-state index in [1.165, 1.54) is 18.7 Å². The smallest absolute Gasteiger partial charge is 0.319 e. The number of halogens is 1. The minimum Gasteiger partial charge on any atom is -0.494 e. The molecule has 0 heterocycles. The van der Waals surface area contributed by atoms with Crippen molar-refractivity contribution >= 4 is 11.7 Å². The number of carbonyl (C=O) groups is 1. The summed E-state index contributed by atoms with van der Waals surface area (Å²) in [7, 11) is 1.41. The molecule has 4 nitrogen and oxygen atoms in total. The van der Waals surface area contributed by atoms with Gasteiger partial charge in [0.25, 0.3) is 0 Å². The largest absolute Gasteiger partial charge is 0.494 e. The number of nitrogens with one attached hydrogen (secondary N) is 2. The highest BCUT2D eigenvalue weighted by Crippen LogP contribution is 2.21. The second-order valence-electron chi connectivity index (χ2n) is 5.26. The van der Waals surface area contributed by atoms with Crippen molar-refractivity contribution < 1.29 is 13.9 Å². The van der Waals surface area contributed by atoms with Gasteiger partial charge in [0, 0.05) is 5.69 Å². The molecular formula is C18H21FN2O2. The van der Waals surface area contributed by atoms with Crippen molar-refractivity contribution in [3.63, 3.8) is 0 Å². The lowest BCUT2D eigenvalue weighted by Crippen LogP contribution is -2.31. The van der Waals surface area contributed by atoms with Gasteiger partial charge >= 0.3 is 6.03 Å². The van der Waals surface area contributed by atoms with E-state index in [4.69, 9.17) is 4.74 Å². The second kappa shape index (κ2) is 7.63. The Morgan fingerprint density at radius 1 is 1.22 bits per heavy atom. The molecule has 0 saturated heterocycles. The van der Waals surface area contributed by atoms with Gasteiger partial charge in [-0.3, -0.25) is 0 Å². The number of urea groups is 1. The minimum atomic E-state index is -0.450. The van der Waals surface area contributed by atoms with Crippen molar-refractivity contribution in [3.8, 4) is 5.75 Å². The molecule has 0 aliphatic heterocycles. The van der Waals surface area contributed by atoms with E-state index in [0.29, 0.717) is 11.3 Å². The van der Waals surface area contributed by atoms with Crippen LogP contribution < -0.4 is 15.4 Å². The van der Waals surface area contributed by atoms with Gasteiger partial charge in [0.2, 0.25) is 0 Å². The maximum absolute atomic E-state index is 13.7.